The van der Waals surface area contributed by atoms with Gasteiger partial charge in [-0.25, -0.2) is 4.39 Å². The van der Waals surface area contributed by atoms with Crippen LogP contribution in [-0.4, -0.2) is 21.1 Å². The lowest BCUT2D eigenvalue weighted by atomic mass is 10.0. The third-order valence-electron chi connectivity index (χ3n) is 4.45. The number of H-pyrrole nitrogens is 2. The number of rotatable bonds is 4. The molecule has 0 fully saturated rings. The van der Waals surface area contributed by atoms with Crippen molar-refractivity contribution in [2.24, 2.45) is 0 Å². The maximum absolute atomic E-state index is 13.1. The van der Waals surface area contributed by atoms with E-state index in [9.17, 15) is 9.18 Å². The fourth-order valence-electron chi connectivity index (χ4n) is 3.12. The average Bonchev–Trinajstić information content (AvgIpc) is 3.31. The van der Waals surface area contributed by atoms with Gasteiger partial charge in [-0.15, -0.1) is 0 Å². The van der Waals surface area contributed by atoms with Gasteiger partial charge < -0.3 is 10.3 Å². The van der Waals surface area contributed by atoms with E-state index >= 15 is 0 Å². The largest absolute Gasteiger partial charge is 0.361 e. The fraction of sp³-hybridized carbons (Fsp3) is 0.100. The topological polar surface area (TPSA) is 73.6 Å². The Kier molecular flexibility index (Phi) is 4.01. The Morgan fingerprint density at radius 1 is 1.15 bits per heavy atom. The second-order valence-electron chi connectivity index (χ2n) is 6.15. The molecule has 130 valence electrons. The van der Waals surface area contributed by atoms with E-state index in [0.29, 0.717) is 16.8 Å². The maximum atomic E-state index is 13.1. The lowest BCUT2D eigenvalue weighted by Gasteiger charge is -2.15. The van der Waals surface area contributed by atoms with Crippen molar-refractivity contribution in [2.45, 2.75) is 13.0 Å². The van der Waals surface area contributed by atoms with Crippen molar-refractivity contribution in [3.05, 3.63) is 77.9 Å². The Balaban J connectivity index is 1.60. The van der Waals surface area contributed by atoms with Gasteiger partial charge in [0.1, 0.15) is 5.82 Å². The minimum atomic E-state index is -0.327. The zero-order valence-electron chi connectivity index (χ0n) is 14.1. The van der Waals surface area contributed by atoms with Crippen molar-refractivity contribution >= 4 is 16.8 Å². The number of carbonyl (C=O) groups excluding carboxylic acids is 1. The van der Waals surface area contributed by atoms with Gasteiger partial charge >= 0.3 is 0 Å². The van der Waals surface area contributed by atoms with Gasteiger partial charge in [-0.2, -0.15) is 5.10 Å². The van der Waals surface area contributed by atoms with Crippen LogP contribution in [0.15, 0.2) is 60.9 Å². The van der Waals surface area contributed by atoms with Gasteiger partial charge in [-0.05, 0) is 48.2 Å². The fourth-order valence-corrected chi connectivity index (χ4v) is 3.12. The molecule has 0 aliphatic rings. The van der Waals surface area contributed by atoms with E-state index in [1.54, 1.807) is 12.1 Å². The minimum absolute atomic E-state index is 0.194. The molecule has 26 heavy (non-hydrogen) atoms. The molecule has 0 aliphatic heterocycles. The molecule has 2 aromatic carbocycles. The van der Waals surface area contributed by atoms with Crippen LogP contribution in [0.25, 0.3) is 22.2 Å². The molecule has 1 unspecified atom stereocenters. The van der Waals surface area contributed by atoms with Crippen LogP contribution in [0.4, 0.5) is 4.39 Å². The second-order valence-corrected chi connectivity index (χ2v) is 6.15. The van der Waals surface area contributed by atoms with Crippen LogP contribution in [0.1, 0.15) is 28.9 Å². The van der Waals surface area contributed by atoms with Crippen molar-refractivity contribution in [3.8, 4) is 11.3 Å². The number of hydrogen-bond donors (Lipinski definition) is 3. The summed E-state index contributed by atoms with van der Waals surface area (Å²) in [6.07, 6.45) is 3.36. The summed E-state index contributed by atoms with van der Waals surface area (Å²) in [5.41, 5.74) is 3.70. The van der Waals surface area contributed by atoms with Gasteiger partial charge in [0.25, 0.3) is 5.91 Å². The molecule has 5 nitrogen and oxygen atoms in total. The number of nitrogens with zero attached hydrogens (tertiary/aromatic N) is 1. The molecule has 0 radical (unpaired) electrons. The Morgan fingerprint density at radius 2 is 1.96 bits per heavy atom. The van der Waals surface area contributed by atoms with Crippen molar-refractivity contribution in [1.29, 1.82) is 0 Å². The number of benzene rings is 2. The van der Waals surface area contributed by atoms with Gasteiger partial charge in [0.15, 0.2) is 0 Å². The SMILES string of the molecule is CC(NC(=O)c1cn[nH]c1-c1ccc(F)cc1)c1cccc2cc[nH]c12. The molecule has 1 amide bonds. The molecule has 1 atom stereocenters. The first-order valence-electron chi connectivity index (χ1n) is 8.29. The van der Waals surface area contributed by atoms with Gasteiger partial charge in [0.2, 0.25) is 0 Å². The molecule has 6 heteroatoms. The predicted octanol–water partition coefficient (Wildman–Crippen LogP) is 4.19. The molecular formula is C20H17FN4O. The molecule has 2 heterocycles. The van der Waals surface area contributed by atoms with Gasteiger partial charge in [-0.3, -0.25) is 9.89 Å². The monoisotopic (exact) mass is 348 g/mol. The summed E-state index contributed by atoms with van der Waals surface area (Å²) in [7, 11) is 0. The van der Waals surface area contributed by atoms with Crippen molar-refractivity contribution in [3.63, 3.8) is 0 Å². The van der Waals surface area contributed by atoms with E-state index in [1.165, 1.54) is 18.3 Å². The highest BCUT2D eigenvalue weighted by atomic mass is 19.1. The normalized spacial score (nSPS) is 12.2. The molecule has 2 aromatic heterocycles. The van der Waals surface area contributed by atoms with Crippen LogP contribution < -0.4 is 5.32 Å². The van der Waals surface area contributed by atoms with Crippen LogP contribution in [0.2, 0.25) is 0 Å². The smallest absolute Gasteiger partial charge is 0.255 e. The van der Waals surface area contributed by atoms with Gasteiger partial charge in [0.05, 0.1) is 29.0 Å². The first kappa shape index (κ1) is 16.1. The number of carbonyl (C=O) groups is 1. The summed E-state index contributed by atoms with van der Waals surface area (Å²) in [5, 5.41) is 10.9. The zero-order valence-corrected chi connectivity index (χ0v) is 14.1. The third-order valence-corrected chi connectivity index (χ3v) is 4.45. The minimum Gasteiger partial charge on any atom is -0.361 e. The van der Waals surface area contributed by atoms with E-state index in [0.717, 1.165) is 16.5 Å². The molecule has 0 saturated carbocycles. The molecule has 0 aliphatic carbocycles. The Morgan fingerprint density at radius 3 is 2.77 bits per heavy atom. The number of nitrogens with one attached hydrogen (secondary N) is 3. The van der Waals surface area contributed by atoms with Gasteiger partial charge in [0, 0.05) is 11.8 Å². The van der Waals surface area contributed by atoms with E-state index in [2.05, 4.69) is 20.5 Å². The number of fused-ring (bicyclic) bond motifs is 1. The van der Waals surface area contributed by atoms with Crippen LogP contribution >= 0.6 is 0 Å². The molecule has 4 aromatic rings. The van der Waals surface area contributed by atoms with Crippen LogP contribution in [0, 0.1) is 5.82 Å². The number of hydrogen-bond acceptors (Lipinski definition) is 2. The van der Waals surface area contributed by atoms with E-state index in [-0.39, 0.29) is 17.8 Å². The van der Waals surface area contributed by atoms with Gasteiger partial charge in [-0.1, -0.05) is 18.2 Å². The van der Waals surface area contributed by atoms with Crippen LogP contribution in [0.3, 0.4) is 0 Å². The molecule has 0 spiro atoms. The summed E-state index contributed by atoms with van der Waals surface area (Å²) >= 11 is 0. The van der Waals surface area contributed by atoms with E-state index in [1.807, 2.05) is 37.4 Å². The lowest BCUT2D eigenvalue weighted by molar-refractivity contribution is 0.0941. The highest BCUT2D eigenvalue weighted by Gasteiger charge is 2.19. The second kappa shape index (κ2) is 6.48. The molecule has 0 saturated heterocycles. The first-order valence-corrected chi connectivity index (χ1v) is 8.29. The number of aromatic amines is 2. The Hall–Kier alpha value is -3.41. The van der Waals surface area contributed by atoms with E-state index < -0.39 is 0 Å². The Bertz CT molecular complexity index is 1060. The predicted molar refractivity (Wildman–Crippen MR) is 98.2 cm³/mol. The summed E-state index contributed by atoms with van der Waals surface area (Å²) in [6.45, 7) is 1.94. The van der Waals surface area contributed by atoms with Crippen molar-refractivity contribution < 1.29 is 9.18 Å². The summed E-state index contributed by atoms with van der Waals surface area (Å²) < 4.78 is 13.1. The molecule has 3 N–H and O–H groups in total. The average molecular weight is 348 g/mol. The Labute approximate surface area is 149 Å². The molecular weight excluding hydrogens is 331 g/mol. The summed E-state index contributed by atoms with van der Waals surface area (Å²) in [4.78, 5) is 16.0. The maximum Gasteiger partial charge on any atom is 0.255 e. The van der Waals surface area contributed by atoms with E-state index in [4.69, 9.17) is 0 Å². The zero-order chi connectivity index (χ0) is 18.1. The first-order chi connectivity index (χ1) is 12.6. The number of halogens is 1. The summed E-state index contributed by atoms with van der Waals surface area (Å²) in [6, 6.07) is 13.7. The summed E-state index contributed by atoms with van der Waals surface area (Å²) in [5.74, 6) is -0.568. The standard InChI is InChI=1S/C20H17FN4O/c1-12(16-4-2-3-13-9-10-22-18(13)16)24-20(26)17-11-23-25-19(17)14-5-7-15(21)8-6-14/h2-12,22H,1H3,(H,23,25)(H,24,26). The quantitative estimate of drug-likeness (QED) is 0.517. The van der Waals surface area contributed by atoms with Crippen molar-refractivity contribution in [2.75, 3.05) is 0 Å². The number of aromatic nitrogens is 3. The van der Waals surface area contributed by atoms with Crippen molar-refractivity contribution in [1.82, 2.24) is 20.5 Å². The number of amides is 1. The number of para-hydroxylation sites is 1. The third kappa shape index (κ3) is 2.86. The molecule has 0 bridgehead atoms. The highest BCUT2D eigenvalue weighted by Crippen LogP contribution is 2.25. The molecule has 4 rings (SSSR count). The highest BCUT2D eigenvalue weighted by molar-refractivity contribution is 6.00. The lowest BCUT2D eigenvalue weighted by Crippen LogP contribution is -2.27. The van der Waals surface area contributed by atoms with Crippen LogP contribution in [0.5, 0.6) is 0 Å². The van der Waals surface area contributed by atoms with Crippen LogP contribution in [-0.2, 0) is 0 Å².